The molecule has 214 valence electrons. The number of carbonyl (C=O) groups is 3. The lowest BCUT2D eigenvalue weighted by atomic mass is 9.80. The van der Waals surface area contributed by atoms with Gasteiger partial charge in [-0.1, -0.05) is 38.1 Å². The number of aromatic amines is 1. The second kappa shape index (κ2) is 10.1. The Bertz CT molecular complexity index is 1580. The van der Waals surface area contributed by atoms with E-state index in [0.29, 0.717) is 5.69 Å². The van der Waals surface area contributed by atoms with Gasteiger partial charge in [-0.05, 0) is 42.2 Å². The number of rotatable bonds is 6. The summed E-state index contributed by atoms with van der Waals surface area (Å²) in [6.45, 7) is 3.75. The summed E-state index contributed by atoms with van der Waals surface area (Å²) >= 11 is 0. The molecule has 3 atom stereocenters. The minimum atomic E-state index is -4.91. The lowest BCUT2D eigenvalue weighted by molar-refractivity contribution is -0.274. The number of fused-ring (bicyclic) bond motifs is 3. The number of nitrogens with one attached hydrogen (secondary N) is 2. The first-order chi connectivity index (χ1) is 19.3. The van der Waals surface area contributed by atoms with Gasteiger partial charge >= 0.3 is 6.36 Å². The maximum atomic E-state index is 14.1. The van der Waals surface area contributed by atoms with E-state index in [9.17, 15) is 32.8 Å². The van der Waals surface area contributed by atoms with Gasteiger partial charge in [0.2, 0.25) is 11.8 Å². The SMILES string of the molecule is CC(C)CC(C(=O)N1C[C@]2(C[C@H]1C#N)C(=O)Nc1ccccc12)N(C)C(=O)c1cc2c(OC(F)(F)F)cccc2[nH]1. The number of alkyl halides is 3. The summed E-state index contributed by atoms with van der Waals surface area (Å²) in [5, 5.41) is 12.9. The van der Waals surface area contributed by atoms with Crippen molar-refractivity contribution in [2.24, 2.45) is 5.92 Å². The number of H-pyrrole nitrogens is 1. The van der Waals surface area contributed by atoms with Crippen LogP contribution in [0.15, 0.2) is 48.5 Å². The van der Waals surface area contributed by atoms with Crippen LogP contribution in [0.4, 0.5) is 18.9 Å². The van der Waals surface area contributed by atoms with E-state index in [1.807, 2.05) is 19.9 Å². The Balaban J connectivity index is 1.45. The zero-order valence-electron chi connectivity index (χ0n) is 22.6. The van der Waals surface area contributed by atoms with Gasteiger partial charge in [-0.3, -0.25) is 14.4 Å². The zero-order valence-corrected chi connectivity index (χ0v) is 22.6. The molecule has 0 bridgehead atoms. The van der Waals surface area contributed by atoms with Gasteiger partial charge in [0.25, 0.3) is 5.91 Å². The molecule has 1 saturated heterocycles. The molecule has 1 aromatic heterocycles. The number of benzene rings is 2. The molecule has 3 amide bonds. The van der Waals surface area contributed by atoms with Crippen LogP contribution >= 0.6 is 0 Å². The predicted octanol–water partition coefficient (Wildman–Crippen LogP) is 4.57. The number of hydrogen-bond acceptors (Lipinski definition) is 5. The van der Waals surface area contributed by atoms with Crippen molar-refractivity contribution in [3.8, 4) is 11.8 Å². The summed E-state index contributed by atoms with van der Waals surface area (Å²) < 4.78 is 42.8. The molecule has 2 aliphatic rings. The van der Waals surface area contributed by atoms with E-state index in [-0.39, 0.29) is 47.8 Å². The van der Waals surface area contributed by atoms with Crippen LogP contribution in [0.1, 0.15) is 42.7 Å². The molecule has 0 aliphatic carbocycles. The Morgan fingerprint density at radius 1 is 1.22 bits per heavy atom. The molecule has 1 unspecified atom stereocenters. The van der Waals surface area contributed by atoms with Gasteiger partial charge in [0.05, 0.1) is 11.5 Å². The highest BCUT2D eigenvalue weighted by Gasteiger charge is 2.56. The molecule has 0 radical (unpaired) electrons. The summed E-state index contributed by atoms with van der Waals surface area (Å²) in [5.41, 5.74) is 0.514. The van der Waals surface area contributed by atoms with E-state index in [1.165, 1.54) is 35.0 Å². The number of aromatic nitrogens is 1. The monoisotopic (exact) mass is 567 g/mol. The van der Waals surface area contributed by atoms with Gasteiger partial charge in [0, 0.05) is 36.6 Å². The summed E-state index contributed by atoms with van der Waals surface area (Å²) in [6.07, 6.45) is -4.54. The first-order valence-corrected chi connectivity index (χ1v) is 13.1. The highest BCUT2D eigenvalue weighted by atomic mass is 19.4. The number of anilines is 1. The molecule has 1 fully saturated rings. The fraction of sp³-hybridized carbons (Fsp3) is 0.379. The first kappa shape index (κ1) is 28.0. The van der Waals surface area contributed by atoms with Crippen LogP contribution in [0.2, 0.25) is 0 Å². The molecule has 12 heteroatoms. The van der Waals surface area contributed by atoms with Crippen LogP contribution in [0.25, 0.3) is 10.9 Å². The lowest BCUT2D eigenvalue weighted by Crippen LogP contribution is -2.52. The van der Waals surface area contributed by atoms with Crippen LogP contribution in [-0.2, 0) is 15.0 Å². The van der Waals surface area contributed by atoms with Crippen molar-refractivity contribution in [1.82, 2.24) is 14.8 Å². The van der Waals surface area contributed by atoms with E-state index in [1.54, 1.807) is 18.2 Å². The van der Waals surface area contributed by atoms with E-state index in [0.717, 1.165) is 11.6 Å². The maximum absolute atomic E-state index is 14.1. The lowest BCUT2D eigenvalue weighted by Gasteiger charge is -2.33. The first-order valence-electron chi connectivity index (χ1n) is 13.1. The van der Waals surface area contributed by atoms with E-state index >= 15 is 0 Å². The third-order valence-corrected chi connectivity index (χ3v) is 7.76. The van der Waals surface area contributed by atoms with Crippen LogP contribution < -0.4 is 10.1 Å². The number of nitrogens with zero attached hydrogens (tertiary/aromatic N) is 3. The standard InChI is InChI=1S/C29H28F3N5O4/c1-16(2)11-23(36(3)25(38)22-12-18-20(34-22)9-6-10-24(18)41-29(30,31)32)26(39)37-15-28(13-17(37)14-33)19-7-4-5-8-21(19)35-27(28)40/h4-10,12,16-17,23,34H,11,13,15H2,1-3H3,(H,35,40)/t17-,23?,28-/m0/s1. The normalized spacial score (nSPS) is 20.7. The number of hydrogen-bond donors (Lipinski definition) is 2. The van der Waals surface area contributed by atoms with Gasteiger partial charge in [-0.2, -0.15) is 5.26 Å². The molecule has 5 rings (SSSR count). The smallest absolute Gasteiger partial charge is 0.405 e. The van der Waals surface area contributed by atoms with E-state index in [2.05, 4.69) is 21.1 Å². The van der Waals surface area contributed by atoms with Crippen molar-refractivity contribution < 1.29 is 32.3 Å². The predicted molar refractivity (Wildman–Crippen MR) is 143 cm³/mol. The molecule has 9 nitrogen and oxygen atoms in total. The number of amides is 3. The Hall–Kier alpha value is -4.53. The van der Waals surface area contributed by atoms with Gasteiger partial charge in [0.15, 0.2) is 0 Å². The van der Waals surface area contributed by atoms with Gasteiger partial charge in [-0.25, -0.2) is 0 Å². The average Bonchev–Trinajstić information content (AvgIpc) is 3.60. The Morgan fingerprint density at radius 3 is 2.63 bits per heavy atom. The molecule has 1 spiro atoms. The topological polar surface area (TPSA) is 119 Å². The van der Waals surface area contributed by atoms with E-state index in [4.69, 9.17) is 0 Å². The van der Waals surface area contributed by atoms with Crippen molar-refractivity contribution in [3.05, 3.63) is 59.8 Å². The zero-order chi connectivity index (χ0) is 29.7. The molecule has 3 aromatic rings. The fourth-order valence-corrected chi connectivity index (χ4v) is 5.84. The summed E-state index contributed by atoms with van der Waals surface area (Å²) in [7, 11) is 1.44. The molecular formula is C29H28F3N5O4. The van der Waals surface area contributed by atoms with Crippen molar-refractivity contribution in [2.45, 2.75) is 50.6 Å². The molecule has 2 aliphatic heterocycles. The van der Waals surface area contributed by atoms with Gasteiger partial charge in [-0.15, -0.1) is 13.2 Å². The minimum Gasteiger partial charge on any atom is -0.405 e. The number of para-hydroxylation sites is 1. The Kier molecular flexibility index (Phi) is 6.93. The number of likely N-dealkylation sites (N-methyl/N-ethyl adjacent to an activating group) is 1. The highest BCUT2D eigenvalue weighted by Crippen LogP contribution is 2.46. The highest BCUT2D eigenvalue weighted by molar-refractivity contribution is 6.07. The van der Waals surface area contributed by atoms with Crippen molar-refractivity contribution >= 4 is 34.3 Å². The molecule has 2 aromatic carbocycles. The molecule has 3 heterocycles. The summed E-state index contributed by atoms with van der Waals surface area (Å²) in [5.74, 6) is -1.87. The van der Waals surface area contributed by atoms with Crippen LogP contribution in [0.5, 0.6) is 5.75 Å². The minimum absolute atomic E-state index is 0.0198. The third kappa shape index (κ3) is 4.96. The quantitative estimate of drug-likeness (QED) is 0.453. The Morgan fingerprint density at radius 2 is 1.95 bits per heavy atom. The number of likely N-dealkylation sites (tertiary alicyclic amines) is 1. The number of carbonyl (C=O) groups excluding carboxylic acids is 3. The number of ether oxygens (including phenoxy) is 1. The third-order valence-electron chi connectivity index (χ3n) is 7.76. The Labute approximate surface area is 233 Å². The molecule has 41 heavy (non-hydrogen) atoms. The largest absolute Gasteiger partial charge is 0.573 e. The van der Waals surface area contributed by atoms with Crippen molar-refractivity contribution in [1.29, 1.82) is 5.26 Å². The fourth-order valence-electron chi connectivity index (χ4n) is 5.84. The second-order valence-electron chi connectivity index (χ2n) is 10.9. The summed E-state index contributed by atoms with van der Waals surface area (Å²) in [4.78, 5) is 46.3. The molecule has 2 N–H and O–H groups in total. The molecular weight excluding hydrogens is 539 g/mol. The van der Waals surface area contributed by atoms with Crippen LogP contribution in [0.3, 0.4) is 0 Å². The maximum Gasteiger partial charge on any atom is 0.573 e. The number of nitriles is 1. The average molecular weight is 568 g/mol. The van der Waals surface area contributed by atoms with Crippen LogP contribution in [0, 0.1) is 17.2 Å². The van der Waals surface area contributed by atoms with Crippen LogP contribution in [-0.4, -0.2) is 64.5 Å². The summed E-state index contributed by atoms with van der Waals surface area (Å²) in [6, 6.07) is 12.7. The number of halogens is 3. The van der Waals surface area contributed by atoms with Gasteiger partial charge < -0.3 is 24.8 Å². The van der Waals surface area contributed by atoms with Gasteiger partial charge in [0.1, 0.15) is 23.5 Å². The second-order valence-corrected chi connectivity index (χ2v) is 10.9. The molecule has 0 saturated carbocycles. The van der Waals surface area contributed by atoms with Crippen molar-refractivity contribution in [2.75, 3.05) is 18.9 Å². The van der Waals surface area contributed by atoms with E-state index < -0.39 is 41.4 Å². The van der Waals surface area contributed by atoms with Crippen molar-refractivity contribution in [3.63, 3.8) is 0 Å².